The highest BCUT2D eigenvalue weighted by Gasteiger charge is 2.43. The van der Waals surface area contributed by atoms with Gasteiger partial charge in [-0.1, -0.05) is 6.07 Å². The van der Waals surface area contributed by atoms with E-state index < -0.39 is 35.5 Å². The molecule has 0 fully saturated rings. The first-order valence-corrected chi connectivity index (χ1v) is 4.19. The second-order valence-corrected chi connectivity index (χ2v) is 3.18. The predicted molar refractivity (Wildman–Crippen MR) is 52.6 cm³/mol. The van der Waals surface area contributed by atoms with Gasteiger partial charge in [-0.3, -0.25) is 0 Å². The number of hydrogen-bond acceptors (Lipinski definition) is 2. The maximum absolute atomic E-state index is 13.1. The first-order chi connectivity index (χ1) is 7.23. The minimum atomic E-state index is -4.96. The Bertz CT molecular complexity index is 384. The van der Waals surface area contributed by atoms with Gasteiger partial charge in [-0.2, -0.15) is 13.2 Å². The number of hydrogen-bond donors (Lipinski definition) is 2. The van der Waals surface area contributed by atoms with Gasteiger partial charge in [-0.05, 0) is 6.07 Å². The van der Waals surface area contributed by atoms with Crippen LogP contribution in [0.4, 0.5) is 22.0 Å². The van der Waals surface area contributed by atoms with Gasteiger partial charge in [-0.15, -0.1) is 12.4 Å². The van der Waals surface area contributed by atoms with Crippen molar-refractivity contribution < 1.29 is 27.1 Å². The van der Waals surface area contributed by atoms with Crippen molar-refractivity contribution >= 4 is 12.4 Å². The van der Waals surface area contributed by atoms with Crippen molar-refractivity contribution in [3.63, 3.8) is 0 Å². The number of halogens is 6. The van der Waals surface area contributed by atoms with E-state index in [1.807, 2.05) is 0 Å². The smallest absolute Gasteiger partial charge is 0.382 e. The number of alkyl halides is 3. The first-order valence-electron chi connectivity index (χ1n) is 4.19. The Labute approximate surface area is 99.6 Å². The Balaban J connectivity index is 0.00000256. The molecule has 0 aliphatic carbocycles. The van der Waals surface area contributed by atoms with Gasteiger partial charge in [0.2, 0.25) is 0 Å². The van der Waals surface area contributed by atoms with Crippen LogP contribution in [-0.2, 0) is 0 Å². The van der Waals surface area contributed by atoms with E-state index >= 15 is 0 Å². The maximum Gasteiger partial charge on any atom is 0.416 e. The second-order valence-electron chi connectivity index (χ2n) is 3.18. The van der Waals surface area contributed by atoms with Crippen molar-refractivity contribution in [1.29, 1.82) is 0 Å². The average Bonchev–Trinajstić information content (AvgIpc) is 2.14. The van der Waals surface area contributed by atoms with Gasteiger partial charge in [0.15, 0.2) is 6.10 Å². The van der Waals surface area contributed by atoms with Crippen LogP contribution in [0.15, 0.2) is 18.2 Å². The van der Waals surface area contributed by atoms with E-state index in [9.17, 15) is 22.0 Å². The predicted octanol–water partition coefficient (Wildman–Crippen LogP) is 2.31. The van der Waals surface area contributed by atoms with E-state index in [1.165, 1.54) is 0 Å². The Hall–Kier alpha value is -0.920. The van der Waals surface area contributed by atoms with Crippen molar-refractivity contribution in [3.05, 3.63) is 35.4 Å². The lowest BCUT2D eigenvalue weighted by Gasteiger charge is -2.21. The largest absolute Gasteiger partial charge is 0.416 e. The number of rotatable bonds is 2. The molecule has 0 aliphatic rings. The van der Waals surface area contributed by atoms with E-state index in [0.29, 0.717) is 6.07 Å². The molecule has 3 N–H and O–H groups in total. The first kappa shape index (κ1) is 16.1. The fourth-order valence-electron chi connectivity index (χ4n) is 1.15. The molecule has 0 heterocycles. The highest BCUT2D eigenvalue weighted by atomic mass is 35.5. The summed E-state index contributed by atoms with van der Waals surface area (Å²) in [7, 11) is 0. The van der Waals surface area contributed by atoms with Gasteiger partial charge in [0.05, 0.1) is 6.04 Å². The number of nitrogens with two attached hydrogens (primary N) is 1. The van der Waals surface area contributed by atoms with Crippen LogP contribution in [0.1, 0.15) is 11.6 Å². The summed E-state index contributed by atoms with van der Waals surface area (Å²) in [5.74, 6) is -2.16. The molecule has 0 aromatic heterocycles. The number of aliphatic hydroxyl groups excluding tert-OH is 1. The number of benzene rings is 1. The Kier molecular flexibility index (Phi) is 5.31. The highest BCUT2D eigenvalue weighted by molar-refractivity contribution is 5.85. The van der Waals surface area contributed by atoms with E-state index in [1.54, 1.807) is 0 Å². The molecule has 0 aliphatic heterocycles. The molecule has 8 heteroatoms. The fourth-order valence-corrected chi connectivity index (χ4v) is 1.15. The molecular weight excluding hydrogens is 269 g/mol. The average molecular weight is 278 g/mol. The lowest BCUT2D eigenvalue weighted by Crippen LogP contribution is -2.39. The molecule has 1 aromatic rings. The van der Waals surface area contributed by atoms with E-state index in [4.69, 9.17) is 10.8 Å². The summed E-state index contributed by atoms with van der Waals surface area (Å²) in [4.78, 5) is 0. The summed E-state index contributed by atoms with van der Waals surface area (Å²) in [6.45, 7) is 0. The summed E-state index contributed by atoms with van der Waals surface area (Å²) < 4.78 is 61.7. The zero-order valence-electron chi connectivity index (χ0n) is 8.21. The topological polar surface area (TPSA) is 46.2 Å². The zero-order chi connectivity index (χ0) is 12.5. The van der Waals surface area contributed by atoms with Crippen molar-refractivity contribution in [3.8, 4) is 0 Å². The lowest BCUT2D eigenvalue weighted by atomic mass is 10.0. The molecule has 0 spiro atoms. The molecule has 0 saturated heterocycles. The van der Waals surface area contributed by atoms with Gasteiger partial charge in [0.25, 0.3) is 0 Å². The molecule has 17 heavy (non-hydrogen) atoms. The van der Waals surface area contributed by atoms with Crippen LogP contribution >= 0.6 is 12.4 Å². The fraction of sp³-hybridized carbons (Fsp3) is 0.333. The monoisotopic (exact) mass is 277 g/mol. The molecule has 0 radical (unpaired) electrons. The van der Waals surface area contributed by atoms with E-state index in [-0.39, 0.29) is 12.4 Å². The SMILES string of the molecule is Cl.N[C@@H](c1ccc(F)cc1F)[C@H](O)C(F)(F)F. The Morgan fingerprint density at radius 3 is 2.12 bits per heavy atom. The van der Waals surface area contributed by atoms with Gasteiger partial charge >= 0.3 is 6.18 Å². The van der Waals surface area contributed by atoms with Gasteiger partial charge in [0, 0.05) is 11.6 Å². The summed E-state index contributed by atoms with van der Waals surface area (Å²) in [6.07, 6.45) is -7.85. The van der Waals surface area contributed by atoms with E-state index in [0.717, 1.165) is 12.1 Å². The van der Waals surface area contributed by atoms with Gasteiger partial charge < -0.3 is 10.8 Å². The van der Waals surface area contributed by atoms with Crippen LogP contribution in [0, 0.1) is 11.6 Å². The molecule has 2 nitrogen and oxygen atoms in total. The van der Waals surface area contributed by atoms with Crippen LogP contribution in [0.5, 0.6) is 0 Å². The molecule has 0 saturated carbocycles. The summed E-state index contributed by atoms with van der Waals surface area (Å²) >= 11 is 0. The molecule has 0 bridgehead atoms. The quantitative estimate of drug-likeness (QED) is 0.815. The molecule has 0 unspecified atom stereocenters. The van der Waals surface area contributed by atoms with Crippen molar-refractivity contribution in [2.45, 2.75) is 18.3 Å². The van der Waals surface area contributed by atoms with Crippen LogP contribution in [0.3, 0.4) is 0 Å². The third kappa shape index (κ3) is 3.79. The summed E-state index contributed by atoms with van der Waals surface area (Å²) in [6, 6.07) is -0.0511. The Morgan fingerprint density at radius 2 is 1.71 bits per heavy atom. The maximum atomic E-state index is 13.1. The van der Waals surface area contributed by atoms with Crippen LogP contribution in [0.25, 0.3) is 0 Å². The Morgan fingerprint density at radius 1 is 1.18 bits per heavy atom. The minimum Gasteiger partial charge on any atom is -0.382 e. The number of aliphatic hydroxyl groups is 1. The second kappa shape index (κ2) is 5.61. The van der Waals surface area contributed by atoms with Crippen molar-refractivity contribution in [2.24, 2.45) is 5.73 Å². The standard InChI is InChI=1S/C9H8F5NO.ClH/c10-4-1-2-5(6(11)3-4)7(15)8(16)9(12,13)14;/h1-3,7-8,16H,15H2;1H/t7-,8-;/m0./s1. The molecule has 1 aromatic carbocycles. The molecule has 1 rings (SSSR count). The molecule has 2 atom stereocenters. The molecule has 98 valence electrons. The lowest BCUT2D eigenvalue weighted by molar-refractivity contribution is -0.210. The van der Waals surface area contributed by atoms with Crippen molar-refractivity contribution in [1.82, 2.24) is 0 Å². The third-order valence-electron chi connectivity index (χ3n) is 2.00. The van der Waals surface area contributed by atoms with Crippen molar-refractivity contribution in [2.75, 3.05) is 0 Å². The summed E-state index contributed by atoms with van der Waals surface area (Å²) in [5, 5.41) is 8.79. The highest BCUT2D eigenvalue weighted by Crippen LogP contribution is 2.29. The molecular formula is C9H9ClF5NO. The normalized spacial score (nSPS) is 15.0. The third-order valence-corrected chi connectivity index (χ3v) is 2.00. The van der Waals surface area contributed by atoms with Crippen LogP contribution in [-0.4, -0.2) is 17.4 Å². The summed E-state index contributed by atoms with van der Waals surface area (Å²) in [5.41, 5.74) is 4.45. The van der Waals surface area contributed by atoms with Crippen LogP contribution in [0.2, 0.25) is 0 Å². The van der Waals surface area contributed by atoms with Crippen LogP contribution < -0.4 is 5.73 Å². The van der Waals surface area contributed by atoms with E-state index in [2.05, 4.69) is 0 Å². The minimum absolute atomic E-state index is 0. The zero-order valence-corrected chi connectivity index (χ0v) is 9.03. The van der Waals surface area contributed by atoms with Gasteiger partial charge in [0.1, 0.15) is 11.6 Å². The molecule has 0 amide bonds. The van der Waals surface area contributed by atoms with Gasteiger partial charge in [-0.25, -0.2) is 8.78 Å².